The van der Waals surface area contributed by atoms with Gasteiger partial charge in [0.15, 0.2) is 0 Å². The molecule has 0 atom stereocenters. The third-order valence-electron chi connectivity index (χ3n) is 2.08. The first-order valence-electron chi connectivity index (χ1n) is 5.01. The van der Waals surface area contributed by atoms with E-state index in [2.05, 4.69) is 10.2 Å². The first kappa shape index (κ1) is 10.4. The van der Waals surface area contributed by atoms with E-state index in [0.29, 0.717) is 5.69 Å². The quantitative estimate of drug-likeness (QED) is 0.748. The number of phenols is 1. The van der Waals surface area contributed by atoms with Crippen LogP contribution in [0.5, 0.6) is 5.75 Å². The van der Waals surface area contributed by atoms with E-state index in [1.165, 1.54) is 0 Å². The highest BCUT2D eigenvalue weighted by Gasteiger charge is 1.95. The van der Waals surface area contributed by atoms with Crippen LogP contribution in [0.3, 0.4) is 0 Å². The molecule has 0 heterocycles. The normalized spacial score (nSPS) is 10.8. The number of nitrogens with zero attached hydrogens (tertiary/aromatic N) is 2. The van der Waals surface area contributed by atoms with Gasteiger partial charge in [-0.2, -0.15) is 10.2 Å². The van der Waals surface area contributed by atoms with Gasteiger partial charge in [-0.3, -0.25) is 0 Å². The summed E-state index contributed by atoms with van der Waals surface area (Å²) in [5.41, 5.74) is 2.41. The van der Waals surface area contributed by atoms with E-state index in [-0.39, 0.29) is 5.75 Å². The minimum atomic E-state index is 0.210. The molecular weight excluding hydrogens is 200 g/mol. The van der Waals surface area contributed by atoms with Gasteiger partial charge in [0.2, 0.25) is 0 Å². The third-order valence-corrected chi connectivity index (χ3v) is 2.08. The van der Waals surface area contributed by atoms with Gasteiger partial charge in [-0.25, -0.2) is 0 Å². The summed E-state index contributed by atoms with van der Waals surface area (Å²) >= 11 is 0. The van der Waals surface area contributed by atoms with Crippen molar-refractivity contribution in [3.8, 4) is 5.75 Å². The van der Waals surface area contributed by atoms with Crippen molar-refractivity contribution in [2.24, 2.45) is 10.2 Å². The van der Waals surface area contributed by atoms with Crippen LogP contribution in [0.25, 0.3) is 0 Å². The molecule has 0 spiro atoms. The number of hydrogen-bond donors (Lipinski definition) is 1. The lowest BCUT2D eigenvalue weighted by atomic mass is 10.2. The summed E-state index contributed by atoms with van der Waals surface area (Å²) in [6.07, 6.45) is 0. The van der Waals surface area contributed by atoms with Crippen LogP contribution in [0, 0.1) is 6.92 Å². The summed E-state index contributed by atoms with van der Waals surface area (Å²) in [6, 6.07) is 14.6. The van der Waals surface area contributed by atoms with Gasteiger partial charge in [-0.15, -0.1) is 0 Å². The van der Waals surface area contributed by atoms with Crippen LogP contribution in [0.1, 0.15) is 5.56 Å². The van der Waals surface area contributed by atoms with Crippen molar-refractivity contribution in [1.29, 1.82) is 0 Å². The van der Waals surface area contributed by atoms with Gasteiger partial charge in [0, 0.05) is 6.07 Å². The highest BCUT2D eigenvalue weighted by Crippen LogP contribution is 2.23. The lowest BCUT2D eigenvalue weighted by Crippen LogP contribution is -1.71. The molecule has 0 radical (unpaired) electrons. The largest absolute Gasteiger partial charge is 0.508 e. The van der Waals surface area contributed by atoms with Crippen LogP contribution in [0.15, 0.2) is 58.8 Å². The Labute approximate surface area is 94.1 Å². The van der Waals surface area contributed by atoms with Gasteiger partial charge in [0.25, 0.3) is 0 Å². The molecule has 0 unspecified atom stereocenters. The summed E-state index contributed by atoms with van der Waals surface area (Å²) in [5, 5.41) is 17.5. The Morgan fingerprint density at radius 2 is 1.56 bits per heavy atom. The molecule has 0 aromatic heterocycles. The van der Waals surface area contributed by atoms with Gasteiger partial charge in [-0.05, 0) is 36.8 Å². The second kappa shape index (κ2) is 4.57. The van der Waals surface area contributed by atoms with E-state index < -0.39 is 0 Å². The summed E-state index contributed by atoms with van der Waals surface area (Å²) in [7, 11) is 0. The first-order valence-corrected chi connectivity index (χ1v) is 5.01. The second-order valence-corrected chi connectivity index (χ2v) is 3.56. The maximum atomic E-state index is 9.39. The summed E-state index contributed by atoms with van der Waals surface area (Å²) in [6.45, 7) is 1.90. The van der Waals surface area contributed by atoms with Crippen molar-refractivity contribution < 1.29 is 5.11 Å². The highest BCUT2D eigenvalue weighted by atomic mass is 16.3. The van der Waals surface area contributed by atoms with Crippen LogP contribution < -0.4 is 0 Å². The van der Waals surface area contributed by atoms with Crippen molar-refractivity contribution in [1.82, 2.24) is 0 Å². The topological polar surface area (TPSA) is 45.0 Å². The Balaban J connectivity index is 2.24. The van der Waals surface area contributed by atoms with Crippen LogP contribution in [0.4, 0.5) is 11.4 Å². The Morgan fingerprint density at radius 1 is 0.875 bits per heavy atom. The SMILES string of the molecule is Cc1cc(O)cc(N=Nc2ccccc2)c1. The molecule has 0 aliphatic carbocycles. The molecule has 0 saturated carbocycles. The molecule has 0 aliphatic heterocycles. The molecule has 0 bridgehead atoms. The molecule has 80 valence electrons. The van der Waals surface area contributed by atoms with Gasteiger partial charge in [-0.1, -0.05) is 18.2 Å². The van der Waals surface area contributed by atoms with E-state index in [1.807, 2.05) is 43.3 Å². The standard InChI is InChI=1S/C13H12N2O/c1-10-7-12(9-13(16)8-10)15-14-11-5-3-2-4-6-11/h2-9,16H,1H3. The van der Waals surface area contributed by atoms with Crippen LogP contribution >= 0.6 is 0 Å². The average molecular weight is 212 g/mol. The number of hydrogen-bond acceptors (Lipinski definition) is 3. The average Bonchev–Trinajstić information content (AvgIpc) is 2.27. The van der Waals surface area contributed by atoms with E-state index >= 15 is 0 Å². The zero-order valence-electron chi connectivity index (χ0n) is 8.96. The monoisotopic (exact) mass is 212 g/mol. The minimum absolute atomic E-state index is 0.210. The Bertz CT molecular complexity index is 486. The van der Waals surface area contributed by atoms with E-state index in [0.717, 1.165) is 11.3 Å². The fourth-order valence-electron chi connectivity index (χ4n) is 1.41. The Morgan fingerprint density at radius 3 is 2.25 bits per heavy atom. The smallest absolute Gasteiger partial charge is 0.118 e. The summed E-state index contributed by atoms with van der Waals surface area (Å²) < 4.78 is 0. The van der Waals surface area contributed by atoms with Crippen molar-refractivity contribution in [2.45, 2.75) is 6.92 Å². The van der Waals surface area contributed by atoms with Crippen molar-refractivity contribution >= 4 is 11.4 Å². The van der Waals surface area contributed by atoms with Crippen molar-refractivity contribution in [2.75, 3.05) is 0 Å². The Kier molecular flexibility index (Phi) is 2.96. The lowest BCUT2D eigenvalue weighted by Gasteiger charge is -1.97. The van der Waals surface area contributed by atoms with Crippen LogP contribution in [-0.4, -0.2) is 5.11 Å². The molecule has 3 nitrogen and oxygen atoms in total. The maximum Gasteiger partial charge on any atom is 0.118 e. The van der Waals surface area contributed by atoms with Crippen molar-refractivity contribution in [3.05, 3.63) is 54.1 Å². The zero-order valence-corrected chi connectivity index (χ0v) is 8.96. The van der Waals surface area contributed by atoms with Gasteiger partial charge in [0.05, 0.1) is 11.4 Å². The van der Waals surface area contributed by atoms with Gasteiger partial charge < -0.3 is 5.11 Å². The zero-order chi connectivity index (χ0) is 11.4. The molecule has 16 heavy (non-hydrogen) atoms. The van der Waals surface area contributed by atoms with Crippen LogP contribution in [-0.2, 0) is 0 Å². The molecule has 2 rings (SSSR count). The highest BCUT2D eigenvalue weighted by molar-refractivity contribution is 5.46. The number of benzene rings is 2. The molecule has 0 saturated heterocycles. The number of aromatic hydroxyl groups is 1. The van der Waals surface area contributed by atoms with Crippen LogP contribution in [0.2, 0.25) is 0 Å². The number of rotatable bonds is 2. The number of aryl methyl sites for hydroxylation is 1. The fraction of sp³-hybridized carbons (Fsp3) is 0.0769. The molecule has 0 amide bonds. The minimum Gasteiger partial charge on any atom is -0.508 e. The van der Waals surface area contributed by atoms with Crippen molar-refractivity contribution in [3.63, 3.8) is 0 Å². The molecule has 3 heteroatoms. The maximum absolute atomic E-state index is 9.39. The van der Waals surface area contributed by atoms with Gasteiger partial charge in [0.1, 0.15) is 5.75 Å². The summed E-state index contributed by atoms with van der Waals surface area (Å²) in [5.74, 6) is 0.210. The summed E-state index contributed by atoms with van der Waals surface area (Å²) in [4.78, 5) is 0. The fourth-order valence-corrected chi connectivity index (χ4v) is 1.41. The third kappa shape index (κ3) is 2.67. The first-order chi connectivity index (χ1) is 7.74. The van der Waals surface area contributed by atoms with E-state index in [1.54, 1.807) is 12.1 Å². The lowest BCUT2D eigenvalue weighted by molar-refractivity contribution is 0.475. The molecule has 1 N–H and O–H groups in total. The predicted octanol–water partition coefficient (Wildman–Crippen LogP) is 4.12. The molecular formula is C13H12N2O. The molecule has 0 aliphatic rings. The molecule has 0 fully saturated rings. The number of phenolic OH excluding ortho intramolecular Hbond substituents is 1. The number of azo groups is 1. The molecule has 2 aromatic rings. The van der Waals surface area contributed by atoms with Gasteiger partial charge >= 0.3 is 0 Å². The Hall–Kier alpha value is -2.16. The van der Waals surface area contributed by atoms with E-state index in [4.69, 9.17) is 0 Å². The second-order valence-electron chi connectivity index (χ2n) is 3.56. The molecule has 2 aromatic carbocycles. The van der Waals surface area contributed by atoms with E-state index in [9.17, 15) is 5.11 Å². The predicted molar refractivity (Wildman–Crippen MR) is 63.5 cm³/mol.